The minimum Gasteiger partial charge on any atom is -0.347 e. The topological polar surface area (TPSA) is 36.4 Å². The first-order chi connectivity index (χ1) is 13.6. The second kappa shape index (κ2) is 9.01. The number of rotatable bonds is 4. The molecule has 2 atom stereocenters. The molecule has 0 saturated carbocycles. The molecule has 1 aliphatic rings. The molecule has 0 aliphatic carbocycles. The number of benzene rings is 3. The first-order valence-corrected chi connectivity index (χ1v) is 8.92. The van der Waals surface area contributed by atoms with Gasteiger partial charge in [0, 0.05) is 11.1 Å². The number of nitrogens with zero attached hydrogens (tertiary/aromatic N) is 1. The average molecular weight is 418 g/mol. The molecule has 1 saturated heterocycles. The standard InChI is InChI=1S/C22H18F3N3.ClH/c23-15-11-9-14(10-12-15)13-26-22-27-20(16-5-1-3-7-18(16)24)21(28-22)17-6-2-4-8-19(17)25;/h1-12,20-21H,13H2,(H2,26,27,28);1H. The Labute approximate surface area is 173 Å². The van der Waals surface area contributed by atoms with Crippen LogP contribution in [0.15, 0.2) is 77.8 Å². The van der Waals surface area contributed by atoms with Crippen molar-refractivity contribution in [2.24, 2.45) is 4.99 Å². The molecule has 3 aromatic rings. The summed E-state index contributed by atoms with van der Waals surface area (Å²) in [6.07, 6.45) is 0. The molecule has 1 heterocycles. The molecular weight excluding hydrogens is 399 g/mol. The van der Waals surface area contributed by atoms with Crippen LogP contribution in [0.5, 0.6) is 0 Å². The van der Waals surface area contributed by atoms with Gasteiger partial charge in [0.15, 0.2) is 5.96 Å². The van der Waals surface area contributed by atoms with Crippen molar-refractivity contribution in [2.45, 2.75) is 18.6 Å². The number of halogens is 4. The van der Waals surface area contributed by atoms with Crippen molar-refractivity contribution in [1.29, 1.82) is 0 Å². The third-order valence-corrected chi connectivity index (χ3v) is 4.73. The zero-order valence-electron chi connectivity index (χ0n) is 15.3. The number of nitrogens with one attached hydrogen (secondary N) is 2. The van der Waals surface area contributed by atoms with Crippen molar-refractivity contribution in [3.05, 3.63) is 107 Å². The second-order valence-electron chi connectivity index (χ2n) is 6.58. The Morgan fingerprint density at radius 2 is 1.17 bits per heavy atom. The van der Waals surface area contributed by atoms with Gasteiger partial charge >= 0.3 is 0 Å². The van der Waals surface area contributed by atoms with Crippen LogP contribution in [-0.4, -0.2) is 5.96 Å². The highest BCUT2D eigenvalue weighted by Crippen LogP contribution is 2.34. The Hall–Kier alpha value is -2.99. The fourth-order valence-corrected chi connectivity index (χ4v) is 3.32. The highest BCUT2D eigenvalue weighted by Gasteiger charge is 2.35. The Bertz CT molecular complexity index is 953. The van der Waals surface area contributed by atoms with E-state index in [2.05, 4.69) is 15.6 Å². The molecule has 0 bridgehead atoms. The van der Waals surface area contributed by atoms with Gasteiger partial charge in [-0.25, -0.2) is 18.2 Å². The van der Waals surface area contributed by atoms with Crippen molar-refractivity contribution in [3.8, 4) is 0 Å². The zero-order valence-corrected chi connectivity index (χ0v) is 16.1. The smallest absolute Gasteiger partial charge is 0.192 e. The summed E-state index contributed by atoms with van der Waals surface area (Å²) in [5.41, 5.74) is 1.68. The van der Waals surface area contributed by atoms with Crippen molar-refractivity contribution < 1.29 is 13.2 Å². The van der Waals surface area contributed by atoms with E-state index in [1.807, 2.05) is 0 Å². The van der Waals surface area contributed by atoms with Crippen LogP contribution in [0.3, 0.4) is 0 Å². The molecular formula is C22H19ClF3N3. The number of guanidine groups is 1. The van der Waals surface area contributed by atoms with Crippen LogP contribution < -0.4 is 10.6 Å². The molecule has 1 aliphatic heterocycles. The van der Waals surface area contributed by atoms with Crippen LogP contribution in [-0.2, 0) is 6.54 Å². The number of hydrogen-bond acceptors (Lipinski definition) is 1. The van der Waals surface area contributed by atoms with Gasteiger partial charge in [-0.05, 0) is 29.8 Å². The number of aliphatic imine (C=N–C) groups is 1. The predicted molar refractivity (Wildman–Crippen MR) is 109 cm³/mol. The monoisotopic (exact) mass is 417 g/mol. The molecule has 3 nitrogen and oxygen atoms in total. The quantitative estimate of drug-likeness (QED) is 0.622. The molecule has 150 valence electrons. The highest BCUT2D eigenvalue weighted by atomic mass is 35.5. The summed E-state index contributed by atoms with van der Waals surface area (Å²) in [4.78, 5) is 4.46. The van der Waals surface area contributed by atoms with Crippen LogP contribution in [0.4, 0.5) is 13.2 Å². The lowest BCUT2D eigenvalue weighted by molar-refractivity contribution is 0.490. The van der Waals surface area contributed by atoms with Crippen LogP contribution in [0.1, 0.15) is 28.8 Å². The molecule has 0 amide bonds. The molecule has 1 fully saturated rings. The Kier molecular flexibility index (Phi) is 6.44. The third-order valence-electron chi connectivity index (χ3n) is 4.73. The van der Waals surface area contributed by atoms with Crippen LogP contribution in [0.2, 0.25) is 0 Å². The lowest BCUT2D eigenvalue weighted by Crippen LogP contribution is -2.25. The van der Waals surface area contributed by atoms with E-state index in [0.717, 1.165) is 5.56 Å². The SMILES string of the molecule is Cl.Fc1ccc(CN=C2NC(c3ccccc3F)C(c3ccccc3F)N2)cc1. The molecule has 0 aromatic heterocycles. The minimum absolute atomic E-state index is 0. The van der Waals surface area contributed by atoms with E-state index in [4.69, 9.17) is 0 Å². The minimum atomic E-state index is -0.523. The van der Waals surface area contributed by atoms with Gasteiger partial charge in [0.2, 0.25) is 0 Å². The van der Waals surface area contributed by atoms with Crippen molar-refractivity contribution >= 4 is 18.4 Å². The van der Waals surface area contributed by atoms with Gasteiger partial charge < -0.3 is 10.6 Å². The molecule has 2 unspecified atom stereocenters. The van der Waals surface area contributed by atoms with E-state index in [-0.39, 0.29) is 29.9 Å². The van der Waals surface area contributed by atoms with Gasteiger partial charge in [-0.15, -0.1) is 12.4 Å². The molecule has 4 rings (SSSR count). The maximum atomic E-state index is 14.4. The molecule has 0 spiro atoms. The molecule has 0 radical (unpaired) electrons. The summed E-state index contributed by atoms with van der Waals surface area (Å²) >= 11 is 0. The van der Waals surface area contributed by atoms with E-state index in [0.29, 0.717) is 23.6 Å². The highest BCUT2D eigenvalue weighted by molar-refractivity contribution is 5.85. The summed E-state index contributed by atoms with van der Waals surface area (Å²) in [5, 5.41) is 6.33. The van der Waals surface area contributed by atoms with Gasteiger partial charge in [0.1, 0.15) is 17.5 Å². The first kappa shape index (κ1) is 20.7. The van der Waals surface area contributed by atoms with E-state index < -0.39 is 12.1 Å². The Morgan fingerprint density at radius 3 is 1.66 bits per heavy atom. The van der Waals surface area contributed by atoms with E-state index >= 15 is 0 Å². The van der Waals surface area contributed by atoms with Crippen molar-refractivity contribution in [3.63, 3.8) is 0 Å². The lowest BCUT2D eigenvalue weighted by atomic mass is 9.94. The van der Waals surface area contributed by atoms with E-state index in [1.54, 1.807) is 48.5 Å². The van der Waals surface area contributed by atoms with Crippen LogP contribution >= 0.6 is 12.4 Å². The summed E-state index contributed by atoms with van der Waals surface area (Å²) in [7, 11) is 0. The molecule has 29 heavy (non-hydrogen) atoms. The normalized spacial score (nSPS) is 17.8. The van der Waals surface area contributed by atoms with Gasteiger partial charge in [0.25, 0.3) is 0 Å². The van der Waals surface area contributed by atoms with Gasteiger partial charge in [-0.1, -0.05) is 48.5 Å². The average Bonchev–Trinajstić information content (AvgIpc) is 3.12. The maximum Gasteiger partial charge on any atom is 0.192 e. The number of hydrogen-bond donors (Lipinski definition) is 2. The fourth-order valence-electron chi connectivity index (χ4n) is 3.32. The third kappa shape index (κ3) is 4.54. The Morgan fingerprint density at radius 1 is 0.690 bits per heavy atom. The van der Waals surface area contributed by atoms with Crippen molar-refractivity contribution in [2.75, 3.05) is 0 Å². The van der Waals surface area contributed by atoms with Crippen LogP contribution in [0.25, 0.3) is 0 Å². The van der Waals surface area contributed by atoms with Crippen molar-refractivity contribution in [1.82, 2.24) is 10.6 Å². The summed E-state index contributed by atoms with van der Waals surface area (Å²) in [6.45, 7) is 0.309. The largest absolute Gasteiger partial charge is 0.347 e. The lowest BCUT2D eigenvalue weighted by Gasteiger charge is -2.20. The summed E-state index contributed by atoms with van der Waals surface area (Å²) in [5.74, 6) is -0.621. The van der Waals surface area contributed by atoms with E-state index in [9.17, 15) is 13.2 Å². The predicted octanol–water partition coefficient (Wildman–Crippen LogP) is 5.06. The fraction of sp³-hybridized carbons (Fsp3) is 0.136. The molecule has 2 N–H and O–H groups in total. The zero-order chi connectivity index (χ0) is 19.5. The second-order valence-corrected chi connectivity index (χ2v) is 6.58. The maximum absolute atomic E-state index is 14.4. The summed E-state index contributed by atoms with van der Waals surface area (Å²) < 4.78 is 41.9. The van der Waals surface area contributed by atoms with Gasteiger partial charge in [0.05, 0.1) is 18.6 Å². The first-order valence-electron chi connectivity index (χ1n) is 8.92. The summed E-state index contributed by atoms with van der Waals surface area (Å²) in [6, 6.07) is 17.8. The molecule has 3 aromatic carbocycles. The van der Waals surface area contributed by atoms with Crippen LogP contribution in [0, 0.1) is 17.5 Å². The van der Waals surface area contributed by atoms with Gasteiger partial charge in [-0.2, -0.15) is 0 Å². The Balaban J connectivity index is 0.00000240. The molecule has 7 heteroatoms. The van der Waals surface area contributed by atoms with E-state index in [1.165, 1.54) is 24.3 Å². The van der Waals surface area contributed by atoms with Gasteiger partial charge in [-0.3, -0.25) is 0 Å².